The number of carbonyl (C=O) groups excluding carboxylic acids is 2. The Balaban J connectivity index is 2.32. The van der Waals surface area contributed by atoms with E-state index in [2.05, 4.69) is 9.72 Å². The van der Waals surface area contributed by atoms with E-state index in [0.717, 1.165) is 16.2 Å². The quantitative estimate of drug-likeness (QED) is 0.739. The monoisotopic (exact) mass is 305 g/mol. The van der Waals surface area contributed by atoms with Gasteiger partial charge in [-0.05, 0) is 0 Å². The summed E-state index contributed by atoms with van der Waals surface area (Å²) in [6.45, 7) is -0.106. The Morgan fingerprint density at radius 3 is 2.84 bits per heavy atom. The van der Waals surface area contributed by atoms with Crippen LogP contribution in [0.25, 0.3) is 0 Å². The molecule has 10 heteroatoms. The molecule has 0 aromatic carbocycles. The fourth-order valence-corrected chi connectivity index (χ4v) is 3.20. The lowest BCUT2D eigenvalue weighted by Crippen LogP contribution is -2.32. The average molecular weight is 305 g/mol. The second kappa shape index (κ2) is 4.87. The molecule has 19 heavy (non-hydrogen) atoms. The van der Waals surface area contributed by atoms with Crippen LogP contribution < -0.4 is 10.0 Å². The van der Waals surface area contributed by atoms with Gasteiger partial charge in [-0.1, -0.05) is 0 Å². The number of primary sulfonamides is 1. The number of nitrogens with zero attached hydrogens (tertiary/aromatic N) is 2. The molecular formula is C9H11N3O5S2. The molecule has 8 nitrogen and oxygen atoms in total. The zero-order chi connectivity index (χ0) is 14.2. The van der Waals surface area contributed by atoms with Gasteiger partial charge in [-0.2, -0.15) is 0 Å². The minimum absolute atomic E-state index is 0.106. The van der Waals surface area contributed by atoms with Crippen LogP contribution in [0.5, 0.6) is 0 Å². The number of hydrogen-bond acceptors (Lipinski definition) is 7. The Hall–Kier alpha value is -1.52. The molecule has 1 aromatic heterocycles. The molecule has 1 aliphatic heterocycles. The van der Waals surface area contributed by atoms with Gasteiger partial charge in [-0.15, -0.1) is 11.3 Å². The first-order valence-electron chi connectivity index (χ1n) is 5.18. The molecule has 1 unspecified atom stereocenters. The van der Waals surface area contributed by atoms with Crippen molar-refractivity contribution in [2.24, 2.45) is 5.14 Å². The number of aromatic nitrogens is 1. The molecule has 1 fully saturated rings. The molecular weight excluding hydrogens is 294 g/mol. The molecule has 1 atom stereocenters. The van der Waals surface area contributed by atoms with E-state index in [1.54, 1.807) is 0 Å². The van der Waals surface area contributed by atoms with E-state index in [1.165, 1.54) is 12.6 Å². The Morgan fingerprint density at radius 1 is 1.63 bits per heavy atom. The largest absolute Gasteiger partial charge is 0.465 e. The number of amides is 1. The summed E-state index contributed by atoms with van der Waals surface area (Å²) in [5.41, 5.74) is 1.39. The normalized spacial score (nSPS) is 19.8. The third-order valence-electron chi connectivity index (χ3n) is 2.73. The summed E-state index contributed by atoms with van der Waals surface area (Å²) >= 11 is 1.02. The molecule has 0 radical (unpaired) electrons. The van der Waals surface area contributed by atoms with E-state index in [9.17, 15) is 18.0 Å². The van der Waals surface area contributed by atoms with Crippen LogP contribution in [0.2, 0.25) is 0 Å². The highest BCUT2D eigenvalue weighted by Gasteiger charge is 2.39. The summed E-state index contributed by atoms with van der Waals surface area (Å²) in [4.78, 5) is 28.5. The number of anilines is 1. The molecule has 2 rings (SSSR count). The fourth-order valence-electron chi connectivity index (χ4n) is 1.76. The van der Waals surface area contributed by atoms with Crippen molar-refractivity contribution in [3.05, 3.63) is 10.4 Å². The van der Waals surface area contributed by atoms with Crippen LogP contribution in [-0.4, -0.2) is 44.2 Å². The van der Waals surface area contributed by atoms with Gasteiger partial charge in [0.15, 0.2) is 10.7 Å². The number of sulfonamides is 1. The lowest BCUT2D eigenvalue weighted by Gasteiger charge is -2.14. The summed E-state index contributed by atoms with van der Waals surface area (Å²) in [5, 5.41) is 4.05. The fraction of sp³-hybridized carbons (Fsp3) is 0.444. The highest BCUT2D eigenvalue weighted by molar-refractivity contribution is 7.89. The van der Waals surface area contributed by atoms with Gasteiger partial charge < -0.3 is 4.74 Å². The Kier molecular flexibility index (Phi) is 3.56. The van der Waals surface area contributed by atoms with Crippen LogP contribution in [0.4, 0.5) is 5.82 Å². The number of rotatable bonds is 3. The molecule has 1 aliphatic rings. The van der Waals surface area contributed by atoms with Gasteiger partial charge in [0.1, 0.15) is 5.25 Å². The van der Waals surface area contributed by atoms with Crippen molar-refractivity contribution in [3.8, 4) is 0 Å². The summed E-state index contributed by atoms with van der Waals surface area (Å²) in [6.07, 6.45) is -0.211. The first-order chi connectivity index (χ1) is 8.84. The van der Waals surface area contributed by atoms with Crippen LogP contribution in [0.15, 0.2) is 5.51 Å². The van der Waals surface area contributed by atoms with Crippen molar-refractivity contribution in [1.29, 1.82) is 0 Å². The summed E-state index contributed by atoms with van der Waals surface area (Å²) in [7, 11) is -2.59. The van der Waals surface area contributed by atoms with E-state index in [4.69, 9.17) is 5.14 Å². The minimum Gasteiger partial charge on any atom is -0.465 e. The van der Waals surface area contributed by atoms with Gasteiger partial charge in [0.05, 0.1) is 12.6 Å². The van der Waals surface area contributed by atoms with Crippen LogP contribution >= 0.6 is 11.3 Å². The Morgan fingerprint density at radius 2 is 2.32 bits per heavy atom. The average Bonchev–Trinajstić information content (AvgIpc) is 2.92. The highest BCUT2D eigenvalue weighted by Crippen LogP contribution is 2.29. The van der Waals surface area contributed by atoms with Crippen molar-refractivity contribution in [2.45, 2.75) is 11.7 Å². The van der Waals surface area contributed by atoms with Gasteiger partial charge in [0, 0.05) is 13.0 Å². The number of carbonyl (C=O) groups is 2. The standard InChI is InChI=1S/C9H11N3O5S2/c1-17-9(14)7-8(11-4-18-7)12-3-5(2-6(12)13)19(10,15)16/h4-5H,2-3H2,1H3,(H2,10,15,16). The van der Waals surface area contributed by atoms with Crippen molar-refractivity contribution in [3.63, 3.8) is 0 Å². The van der Waals surface area contributed by atoms with Gasteiger partial charge in [0.2, 0.25) is 15.9 Å². The molecule has 0 saturated carbocycles. The van der Waals surface area contributed by atoms with Crippen LogP contribution in [0.1, 0.15) is 16.1 Å². The number of thiazole rings is 1. The molecule has 1 saturated heterocycles. The first-order valence-corrected chi connectivity index (χ1v) is 7.67. The Labute approximate surface area is 113 Å². The maximum atomic E-state index is 11.8. The van der Waals surface area contributed by atoms with E-state index in [1.807, 2.05) is 0 Å². The van der Waals surface area contributed by atoms with Gasteiger partial charge >= 0.3 is 5.97 Å². The SMILES string of the molecule is COC(=O)c1scnc1N1CC(S(N)(=O)=O)CC1=O. The summed E-state index contributed by atoms with van der Waals surface area (Å²) in [6, 6.07) is 0. The van der Waals surface area contributed by atoms with Crippen molar-refractivity contribution >= 4 is 39.1 Å². The Bertz CT molecular complexity index is 624. The van der Waals surface area contributed by atoms with Gasteiger partial charge in [-0.25, -0.2) is 23.3 Å². The molecule has 0 spiro atoms. The minimum atomic E-state index is -3.80. The van der Waals surface area contributed by atoms with E-state index < -0.39 is 27.1 Å². The summed E-state index contributed by atoms with van der Waals surface area (Å²) in [5.74, 6) is -0.938. The van der Waals surface area contributed by atoms with E-state index >= 15 is 0 Å². The van der Waals surface area contributed by atoms with Crippen molar-refractivity contribution in [1.82, 2.24) is 4.98 Å². The molecule has 0 aliphatic carbocycles. The smallest absolute Gasteiger partial charge is 0.351 e. The number of esters is 1. The van der Waals surface area contributed by atoms with Gasteiger partial charge in [0.25, 0.3) is 0 Å². The molecule has 0 bridgehead atoms. The number of nitrogens with two attached hydrogens (primary N) is 1. The van der Waals surface area contributed by atoms with Crippen molar-refractivity contribution in [2.75, 3.05) is 18.6 Å². The number of hydrogen-bond donors (Lipinski definition) is 1. The van der Waals surface area contributed by atoms with Crippen LogP contribution in [0.3, 0.4) is 0 Å². The third-order valence-corrected chi connectivity index (χ3v) is 4.77. The topological polar surface area (TPSA) is 120 Å². The molecule has 1 amide bonds. The predicted molar refractivity (Wildman–Crippen MR) is 67.3 cm³/mol. The molecule has 1 aromatic rings. The third kappa shape index (κ3) is 2.60. The molecule has 104 valence electrons. The maximum absolute atomic E-state index is 11.8. The lowest BCUT2D eigenvalue weighted by molar-refractivity contribution is -0.117. The zero-order valence-electron chi connectivity index (χ0n) is 9.90. The summed E-state index contributed by atoms with van der Waals surface area (Å²) < 4.78 is 27.1. The number of methoxy groups -OCH3 is 1. The van der Waals surface area contributed by atoms with E-state index in [0.29, 0.717) is 0 Å². The van der Waals surface area contributed by atoms with Gasteiger partial charge in [-0.3, -0.25) is 9.69 Å². The van der Waals surface area contributed by atoms with Crippen molar-refractivity contribution < 1.29 is 22.7 Å². The second-order valence-corrected chi connectivity index (χ2v) is 6.62. The predicted octanol–water partition coefficient (Wildman–Crippen LogP) is -0.676. The van der Waals surface area contributed by atoms with Crippen LogP contribution in [0, 0.1) is 0 Å². The second-order valence-electron chi connectivity index (χ2n) is 3.92. The molecule has 2 N–H and O–H groups in total. The number of ether oxygens (including phenoxy) is 1. The molecule has 2 heterocycles. The lowest BCUT2D eigenvalue weighted by atomic mass is 10.4. The first kappa shape index (κ1) is 13.9. The maximum Gasteiger partial charge on any atom is 0.351 e. The highest BCUT2D eigenvalue weighted by atomic mass is 32.2. The van der Waals surface area contributed by atoms with E-state index in [-0.39, 0.29) is 23.7 Å². The van der Waals surface area contributed by atoms with Crippen LogP contribution in [-0.2, 0) is 19.6 Å². The zero-order valence-corrected chi connectivity index (χ0v) is 11.5.